The third-order valence-electron chi connectivity index (χ3n) is 5.16. The van der Waals surface area contributed by atoms with Gasteiger partial charge in [0.2, 0.25) is 5.91 Å². The molecule has 0 unspecified atom stereocenters. The van der Waals surface area contributed by atoms with Gasteiger partial charge in [0.15, 0.2) is 5.16 Å². The highest BCUT2D eigenvalue weighted by Gasteiger charge is 2.33. The van der Waals surface area contributed by atoms with Crippen molar-refractivity contribution in [2.45, 2.75) is 31.1 Å². The maximum Gasteiger partial charge on any atom is 0.418 e. The Morgan fingerprint density at radius 2 is 1.85 bits per heavy atom. The summed E-state index contributed by atoms with van der Waals surface area (Å²) >= 11 is 2.27. The third kappa shape index (κ3) is 5.18. The number of anilines is 1. The highest BCUT2D eigenvalue weighted by atomic mass is 32.2. The average Bonchev–Trinajstić information content (AvgIpc) is 3.22. The van der Waals surface area contributed by atoms with Crippen molar-refractivity contribution in [2.24, 2.45) is 0 Å². The summed E-state index contributed by atoms with van der Waals surface area (Å²) in [4.78, 5) is 32.7. The van der Waals surface area contributed by atoms with E-state index in [2.05, 4.69) is 29.1 Å². The molecule has 10 heteroatoms. The molecule has 4 rings (SSSR count). The molecule has 2 N–H and O–H groups in total. The topological polar surface area (TPSA) is 74.8 Å². The van der Waals surface area contributed by atoms with Gasteiger partial charge in [-0.25, -0.2) is 4.98 Å². The summed E-state index contributed by atoms with van der Waals surface area (Å²) in [6, 6.07) is 12.8. The van der Waals surface area contributed by atoms with Gasteiger partial charge in [0.1, 0.15) is 4.83 Å². The highest BCUT2D eigenvalue weighted by Crippen LogP contribution is 2.35. The first-order valence-electron chi connectivity index (χ1n) is 10.3. The number of fused-ring (bicyclic) bond motifs is 1. The second kappa shape index (κ2) is 9.63. The minimum absolute atomic E-state index is 0.213. The lowest BCUT2D eigenvalue weighted by Crippen LogP contribution is -2.18. The van der Waals surface area contributed by atoms with Gasteiger partial charge >= 0.3 is 6.18 Å². The van der Waals surface area contributed by atoms with E-state index in [9.17, 15) is 22.8 Å². The van der Waals surface area contributed by atoms with Crippen LogP contribution in [0.4, 0.5) is 18.9 Å². The number of rotatable bonds is 6. The number of thiophene rings is 1. The second-order valence-electron chi connectivity index (χ2n) is 7.86. The zero-order valence-electron chi connectivity index (χ0n) is 18.2. The predicted molar refractivity (Wildman–Crippen MR) is 131 cm³/mol. The Morgan fingerprint density at radius 1 is 1.15 bits per heavy atom. The van der Waals surface area contributed by atoms with Crippen molar-refractivity contribution < 1.29 is 18.0 Å². The van der Waals surface area contributed by atoms with Crippen LogP contribution in [0.25, 0.3) is 21.3 Å². The molecule has 0 spiro atoms. The molecule has 0 atom stereocenters. The van der Waals surface area contributed by atoms with Crippen molar-refractivity contribution in [1.82, 2.24) is 9.97 Å². The molecular weight excluding hydrogens is 483 g/mol. The number of halogens is 3. The van der Waals surface area contributed by atoms with Gasteiger partial charge in [-0.3, -0.25) is 9.59 Å². The molecule has 0 radical (unpaired) electrons. The van der Waals surface area contributed by atoms with Crippen LogP contribution in [0.5, 0.6) is 0 Å². The molecule has 176 valence electrons. The fraction of sp³-hybridized carbons (Fsp3) is 0.208. The molecule has 0 aliphatic carbocycles. The van der Waals surface area contributed by atoms with Crippen molar-refractivity contribution in [2.75, 3.05) is 11.1 Å². The SMILES string of the molecule is CC(C)c1ccc(-c2csc3nc(SCC(=O)Nc4ccccc4C(F)(F)F)[nH]c(=O)c23)cc1. The molecule has 5 nitrogen and oxygen atoms in total. The van der Waals surface area contributed by atoms with Crippen molar-refractivity contribution in [3.8, 4) is 11.1 Å². The molecule has 0 aliphatic heterocycles. The summed E-state index contributed by atoms with van der Waals surface area (Å²) in [6.45, 7) is 4.22. The van der Waals surface area contributed by atoms with Crippen LogP contribution in [0.2, 0.25) is 0 Å². The van der Waals surface area contributed by atoms with E-state index in [4.69, 9.17) is 0 Å². The lowest BCUT2D eigenvalue weighted by Gasteiger charge is -2.13. The van der Waals surface area contributed by atoms with E-state index >= 15 is 0 Å². The van der Waals surface area contributed by atoms with Crippen molar-refractivity contribution >= 4 is 44.9 Å². The number of aromatic nitrogens is 2. The number of aromatic amines is 1. The van der Waals surface area contributed by atoms with Gasteiger partial charge in [0, 0.05) is 10.9 Å². The van der Waals surface area contributed by atoms with Crippen molar-refractivity contribution in [3.63, 3.8) is 0 Å². The smallest absolute Gasteiger partial charge is 0.325 e. The molecule has 0 saturated heterocycles. The van der Waals surface area contributed by atoms with E-state index in [0.717, 1.165) is 29.0 Å². The van der Waals surface area contributed by atoms with Crippen LogP contribution in [0, 0.1) is 0 Å². The minimum Gasteiger partial charge on any atom is -0.325 e. The van der Waals surface area contributed by atoms with Crippen LogP contribution in [-0.2, 0) is 11.0 Å². The Hall–Kier alpha value is -3.11. The second-order valence-corrected chi connectivity index (χ2v) is 9.68. The summed E-state index contributed by atoms with van der Waals surface area (Å²) < 4.78 is 39.4. The number of benzene rings is 2. The highest BCUT2D eigenvalue weighted by molar-refractivity contribution is 7.99. The summed E-state index contributed by atoms with van der Waals surface area (Å²) in [5.74, 6) is -0.450. The number of H-pyrrole nitrogens is 1. The number of thioether (sulfide) groups is 1. The van der Waals surface area contributed by atoms with Crippen molar-refractivity contribution in [1.29, 1.82) is 0 Å². The van der Waals surface area contributed by atoms with Gasteiger partial charge in [0.05, 0.1) is 22.4 Å². The maximum atomic E-state index is 13.1. The largest absolute Gasteiger partial charge is 0.418 e. The Balaban J connectivity index is 1.50. The maximum absolute atomic E-state index is 13.1. The molecule has 2 aromatic heterocycles. The summed E-state index contributed by atoms with van der Waals surface area (Å²) in [7, 11) is 0. The number of nitrogens with zero attached hydrogens (tertiary/aromatic N) is 1. The lowest BCUT2D eigenvalue weighted by molar-refractivity contribution is -0.137. The number of hydrogen-bond acceptors (Lipinski definition) is 5. The number of carbonyl (C=O) groups excluding carboxylic acids is 1. The quantitative estimate of drug-likeness (QED) is 0.232. The standard InChI is InChI=1S/C24H20F3N3O2S2/c1-13(2)14-7-9-15(10-8-14)16-11-33-22-20(16)21(32)29-23(30-22)34-12-19(31)28-18-6-4-3-5-17(18)24(25,26)27/h3-11,13H,12H2,1-2H3,(H,28,31)(H,29,30,32). The first-order chi connectivity index (χ1) is 16.1. The number of amides is 1. The Morgan fingerprint density at radius 3 is 2.53 bits per heavy atom. The first kappa shape index (κ1) is 24.0. The van der Waals surface area contributed by atoms with Gasteiger partial charge in [0.25, 0.3) is 5.56 Å². The van der Waals surface area contributed by atoms with Crippen LogP contribution in [-0.4, -0.2) is 21.6 Å². The van der Waals surface area contributed by atoms with Gasteiger partial charge < -0.3 is 10.3 Å². The van der Waals surface area contributed by atoms with Crippen molar-refractivity contribution in [3.05, 3.63) is 75.4 Å². The molecule has 1 amide bonds. The average molecular weight is 504 g/mol. The third-order valence-corrected chi connectivity index (χ3v) is 6.90. The van der Waals surface area contributed by atoms with Gasteiger partial charge in [-0.1, -0.05) is 62.0 Å². The molecule has 0 fully saturated rings. The zero-order valence-corrected chi connectivity index (χ0v) is 19.8. The minimum atomic E-state index is -4.58. The fourth-order valence-corrected chi connectivity index (χ4v) is 5.08. The number of hydrogen-bond donors (Lipinski definition) is 2. The number of carbonyl (C=O) groups is 1. The van der Waals surface area contributed by atoms with Crippen LogP contribution in [0.15, 0.2) is 63.9 Å². The van der Waals surface area contributed by atoms with E-state index in [0.29, 0.717) is 16.1 Å². The lowest BCUT2D eigenvalue weighted by atomic mass is 9.99. The van der Waals surface area contributed by atoms with Crippen LogP contribution < -0.4 is 10.9 Å². The van der Waals surface area contributed by atoms with Gasteiger partial charge in [-0.05, 0) is 29.2 Å². The number of nitrogens with one attached hydrogen (secondary N) is 2. The molecule has 0 saturated carbocycles. The van der Waals surface area contributed by atoms with Crippen LogP contribution in [0.3, 0.4) is 0 Å². The molecule has 0 aliphatic rings. The van der Waals surface area contributed by atoms with Crippen LogP contribution in [0.1, 0.15) is 30.9 Å². The van der Waals surface area contributed by atoms with E-state index < -0.39 is 17.6 Å². The normalized spacial score (nSPS) is 11.8. The summed E-state index contributed by atoms with van der Waals surface area (Å²) in [6.07, 6.45) is -4.58. The van der Waals surface area contributed by atoms with E-state index in [1.54, 1.807) is 0 Å². The summed E-state index contributed by atoms with van der Waals surface area (Å²) in [5, 5.41) is 4.84. The first-order valence-corrected chi connectivity index (χ1v) is 12.2. The Kier molecular flexibility index (Phi) is 6.81. The van der Waals surface area contributed by atoms with Crippen LogP contribution >= 0.6 is 23.1 Å². The Labute approximate surface area is 201 Å². The van der Waals surface area contributed by atoms with E-state index in [1.165, 1.54) is 35.1 Å². The molecule has 2 aromatic carbocycles. The number of alkyl halides is 3. The molecule has 0 bridgehead atoms. The van der Waals surface area contributed by atoms with E-state index in [1.807, 2.05) is 29.6 Å². The Bertz CT molecular complexity index is 1390. The zero-order chi connectivity index (χ0) is 24.5. The van der Waals surface area contributed by atoms with Gasteiger partial charge in [-0.15, -0.1) is 11.3 Å². The molecule has 4 aromatic rings. The monoisotopic (exact) mass is 503 g/mol. The van der Waals surface area contributed by atoms with Gasteiger partial charge in [-0.2, -0.15) is 13.2 Å². The molecule has 34 heavy (non-hydrogen) atoms. The molecule has 2 heterocycles. The predicted octanol–water partition coefficient (Wildman–Crippen LogP) is 6.52. The van der Waals surface area contributed by atoms with E-state index in [-0.39, 0.29) is 22.2 Å². The molecular formula is C24H20F3N3O2S2. The summed E-state index contributed by atoms with van der Waals surface area (Å²) in [5.41, 5.74) is 1.32. The number of para-hydroxylation sites is 1. The fourth-order valence-electron chi connectivity index (χ4n) is 3.42.